The van der Waals surface area contributed by atoms with Gasteiger partial charge in [-0.3, -0.25) is 9.78 Å². The van der Waals surface area contributed by atoms with E-state index < -0.39 is 20.5 Å². The third-order valence-electron chi connectivity index (χ3n) is 2.80. The van der Waals surface area contributed by atoms with E-state index in [1.54, 1.807) is 20.9 Å². The molecule has 1 aromatic heterocycles. The number of nitrogens with one attached hydrogen (secondary N) is 2. The number of nitrogens with zero attached hydrogens (tertiary/aromatic N) is 2. The molecule has 1 amide bonds. The van der Waals surface area contributed by atoms with Crippen LogP contribution in [0.3, 0.4) is 0 Å². The van der Waals surface area contributed by atoms with Crippen molar-refractivity contribution in [2.75, 3.05) is 25.2 Å². The Bertz CT molecular complexity index is 569. The molecule has 106 valence electrons. The van der Waals surface area contributed by atoms with Gasteiger partial charge in [0.1, 0.15) is 11.5 Å². The van der Waals surface area contributed by atoms with Crippen LogP contribution in [-0.4, -0.2) is 48.9 Å². The lowest BCUT2D eigenvalue weighted by molar-refractivity contribution is 0.0945. The zero-order valence-electron chi connectivity index (χ0n) is 11.4. The van der Waals surface area contributed by atoms with Gasteiger partial charge in [0.2, 0.25) is 0 Å². The molecule has 8 heteroatoms. The van der Waals surface area contributed by atoms with Crippen molar-refractivity contribution >= 4 is 21.6 Å². The summed E-state index contributed by atoms with van der Waals surface area (Å²) in [6.07, 6.45) is 3.95. The van der Waals surface area contributed by atoms with Crippen LogP contribution >= 0.6 is 0 Å². The Morgan fingerprint density at radius 1 is 1.37 bits per heavy atom. The first kappa shape index (κ1) is 15.4. The van der Waals surface area contributed by atoms with Gasteiger partial charge in [-0.05, 0) is 13.8 Å². The molecule has 0 aliphatic heterocycles. The fourth-order valence-electron chi connectivity index (χ4n) is 1.11. The highest BCUT2D eigenvalue weighted by Crippen LogP contribution is 2.13. The number of rotatable bonds is 5. The van der Waals surface area contributed by atoms with Gasteiger partial charge in [0.05, 0.1) is 17.1 Å². The van der Waals surface area contributed by atoms with Gasteiger partial charge < -0.3 is 10.6 Å². The first-order chi connectivity index (χ1) is 8.67. The monoisotopic (exact) mass is 286 g/mol. The Labute approximate surface area is 112 Å². The van der Waals surface area contributed by atoms with E-state index in [-0.39, 0.29) is 12.2 Å². The molecule has 0 aliphatic carbocycles. The molecule has 0 aromatic carbocycles. The summed E-state index contributed by atoms with van der Waals surface area (Å²) in [4.78, 5) is 19.7. The van der Waals surface area contributed by atoms with Gasteiger partial charge in [-0.2, -0.15) is 0 Å². The van der Waals surface area contributed by atoms with Gasteiger partial charge in [-0.15, -0.1) is 0 Å². The molecule has 2 N–H and O–H groups in total. The summed E-state index contributed by atoms with van der Waals surface area (Å²) in [6, 6.07) is 0. The van der Waals surface area contributed by atoms with Gasteiger partial charge in [0.25, 0.3) is 5.91 Å². The second-order valence-electron chi connectivity index (χ2n) is 4.75. The molecule has 1 aromatic rings. The fraction of sp³-hybridized carbons (Fsp3) is 0.545. The van der Waals surface area contributed by atoms with Crippen LogP contribution in [0.2, 0.25) is 0 Å². The highest BCUT2D eigenvalue weighted by Gasteiger charge is 2.30. The van der Waals surface area contributed by atoms with E-state index in [1.165, 1.54) is 12.4 Å². The Morgan fingerprint density at radius 3 is 2.53 bits per heavy atom. The molecular weight excluding hydrogens is 268 g/mol. The van der Waals surface area contributed by atoms with Crippen LogP contribution in [0.4, 0.5) is 5.82 Å². The van der Waals surface area contributed by atoms with Crippen LogP contribution in [-0.2, 0) is 9.84 Å². The highest BCUT2D eigenvalue weighted by molar-refractivity contribution is 7.92. The minimum atomic E-state index is -3.26. The lowest BCUT2D eigenvalue weighted by atomic mass is 10.2. The minimum Gasteiger partial charge on any atom is -0.372 e. The van der Waals surface area contributed by atoms with Crippen molar-refractivity contribution in [1.29, 1.82) is 0 Å². The maximum absolute atomic E-state index is 11.9. The molecule has 0 saturated heterocycles. The van der Waals surface area contributed by atoms with E-state index in [1.807, 2.05) is 0 Å². The number of sulfone groups is 1. The van der Waals surface area contributed by atoms with E-state index in [2.05, 4.69) is 20.6 Å². The third-order valence-corrected chi connectivity index (χ3v) is 4.95. The Hall–Kier alpha value is -1.70. The predicted molar refractivity (Wildman–Crippen MR) is 72.8 cm³/mol. The smallest absolute Gasteiger partial charge is 0.271 e. The van der Waals surface area contributed by atoms with Crippen molar-refractivity contribution in [3.05, 3.63) is 18.1 Å². The van der Waals surface area contributed by atoms with Crippen molar-refractivity contribution in [3.8, 4) is 0 Å². The van der Waals surface area contributed by atoms with E-state index in [0.717, 1.165) is 6.26 Å². The summed E-state index contributed by atoms with van der Waals surface area (Å²) in [7, 11) is -1.59. The first-order valence-electron chi connectivity index (χ1n) is 5.65. The summed E-state index contributed by atoms with van der Waals surface area (Å²) in [6.45, 7) is 3.12. The molecule has 7 nitrogen and oxygen atoms in total. The van der Waals surface area contributed by atoms with Crippen LogP contribution in [0.15, 0.2) is 12.4 Å². The lowest BCUT2D eigenvalue weighted by Gasteiger charge is -2.22. The summed E-state index contributed by atoms with van der Waals surface area (Å²) in [5.74, 6) is 0.0105. The average molecular weight is 286 g/mol. The number of hydrogen-bond donors (Lipinski definition) is 2. The highest BCUT2D eigenvalue weighted by atomic mass is 32.2. The molecule has 1 rings (SSSR count). The van der Waals surface area contributed by atoms with E-state index in [4.69, 9.17) is 0 Å². The topological polar surface area (TPSA) is 101 Å². The number of anilines is 1. The van der Waals surface area contributed by atoms with Gasteiger partial charge in [0.15, 0.2) is 9.84 Å². The molecule has 0 radical (unpaired) electrons. The fourth-order valence-corrected chi connectivity index (χ4v) is 1.44. The van der Waals surface area contributed by atoms with Crippen LogP contribution in [0.5, 0.6) is 0 Å². The first-order valence-corrected chi connectivity index (χ1v) is 7.54. The second kappa shape index (κ2) is 5.52. The summed E-state index contributed by atoms with van der Waals surface area (Å²) in [5.41, 5.74) is 0.135. The molecule has 1 heterocycles. The van der Waals surface area contributed by atoms with Gasteiger partial charge >= 0.3 is 0 Å². The Morgan fingerprint density at radius 2 is 2.00 bits per heavy atom. The number of hydrogen-bond acceptors (Lipinski definition) is 6. The number of carbonyl (C=O) groups excluding carboxylic acids is 1. The van der Waals surface area contributed by atoms with E-state index in [9.17, 15) is 13.2 Å². The molecule has 0 atom stereocenters. The van der Waals surface area contributed by atoms with Gasteiger partial charge in [-0.25, -0.2) is 13.4 Å². The van der Waals surface area contributed by atoms with Gasteiger partial charge in [-0.1, -0.05) is 0 Å². The van der Waals surface area contributed by atoms with Crippen LogP contribution in [0.25, 0.3) is 0 Å². The van der Waals surface area contributed by atoms with Crippen LogP contribution in [0, 0.1) is 0 Å². The molecule has 0 saturated carbocycles. The largest absolute Gasteiger partial charge is 0.372 e. The van der Waals surface area contributed by atoms with Crippen molar-refractivity contribution in [1.82, 2.24) is 15.3 Å². The predicted octanol–water partition coefficient (Wildman–Crippen LogP) is 0.0713. The molecule has 0 bridgehead atoms. The summed E-state index contributed by atoms with van der Waals surface area (Å²) < 4.78 is 22.0. The molecule has 0 aliphatic rings. The van der Waals surface area contributed by atoms with E-state index in [0.29, 0.717) is 5.82 Å². The molecular formula is C11H18N4O3S. The molecule has 0 spiro atoms. The quantitative estimate of drug-likeness (QED) is 0.794. The van der Waals surface area contributed by atoms with Crippen molar-refractivity contribution in [2.24, 2.45) is 0 Å². The maximum atomic E-state index is 11.9. The zero-order chi connectivity index (χ0) is 14.7. The van der Waals surface area contributed by atoms with Crippen molar-refractivity contribution in [3.63, 3.8) is 0 Å². The second-order valence-corrected chi connectivity index (χ2v) is 7.40. The molecule has 19 heavy (non-hydrogen) atoms. The Balaban J connectivity index is 2.76. The Kier molecular flexibility index (Phi) is 4.46. The van der Waals surface area contributed by atoms with E-state index >= 15 is 0 Å². The lowest BCUT2D eigenvalue weighted by Crippen LogP contribution is -2.44. The summed E-state index contributed by atoms with van der Waals surface area (Å²) in [5, 5.41) is 5.32. The SMILES string of the molecule is CNc1cncc(C(=O)NCC(C)(C)S(C)(=O)=O)n1. The normalized spacial score (nSPS) is 12.0. The van der Waals surface area contributed by atoms with Crippen molar-refractivity contribution in [2.45, 2.75) is 18.6 Å². The number of amides is 1. The minimum absolute atomic E-state index is 0.0100. The molecule has 0 fully saturated rings. The standard InChI is InChI=1S/C11H18N4O3S/c1-11(2,19(4,17)18)7-14-10(16)8-5-13-6-9(12-3)15-8/h5-6H,7H2,1-4H3,(H,12,15)(H,14,16). The maximum Gasteiger partial charge on any atom is 0.271 e. The zero-order valence-corrected chi connectivity index (χ0v) is 12.2. The van der Waals surface area contributed by atoms with Crippen LogP contribution in [0.1, 0.15) is 24.3 Å². The number of carbonyl (C=O) groups is 1. The third kappa shape index (κ3) is 3.88. The summed E-state index contributed by atoms with van der Waals surface area (Å²) >= 11 is 0. The van der Waals surface area contributed by atoms with Crippen LogP contribution < -0.4 is 10.6 Å². The number of aromatic nitrogens is 2. The van der Waals surface area contributed by atoms with Crippen molar-refractivity contribution < 1.29 is 13.2 Å². The average Bonchev–Trinajstić information content (AvgIpc) is 2.34. The van der Waals surface area contributed by atoms with Gasteiger partial charge in [0, 0.05) is 19.8 Å². The molecule has 0 unspecified atom stereocenters.